The molecular formula is C15H19O7P. The predicted octanol–water partition coefficient (Wildman–Crippen LogP) is 2.85. The van der Waals surface area contributed by atoms with Crippen molar-refractivity contribution in [2.75, 3.05) is 0 Å². The molecule has 23 heavy (non-hydrogen) atoms. The Balaban J connectivity index is 1.56. The van der Waals surface area contributed by atoms with E-state index < -0.39 is 44.3 Å². The number of ether oxygens (including phenoxy) is 3. The van der Waals surface area contributed by atoms with E-state index in [-0.39, 0.29) is 0 Å². The molecule has 0 aliphatic carbocycles. The van der Waals surface area contributed by atoms with Crippen molar-refractivity contribution >= 4 is 7.82 Å². The summed E-state index contributed by atoms with van der Waals surface area (Å²) < 4.78 is 46.8. The molecular weight excluding hydrogens is 323 g/mol. The molecule has 0 radical (unpaired) electrons. The summed E-state index contributed by atoms with van der Waals surface area (Å²) in [6.07, 6.45) is -2.48. The van der Waals surface area contributed by atoms with E-state index in [4.69, 9.17) is 27.8 Å². The van der Waals surface area contributed by atoms with E-state index >= 15 is 0 Å². The molecule has 3 saturated heterocycles. The van der Waals surface area contributed by atoms with E-state index in [1.54, 1.807) is 45.0 Å². The molecule has 3 fully saturated rings. The van der Waals surface area contributed by atoms with Crippen LogP contribution in [0.4, 0.5) is 0 Å². The molecule has 3 aliphatic rings. The second-order valence-electron chi connectivity index (χ2n) is 6.30. The highest BCUT2D eigenvalue weighted by molar-refractivity contribution is 7.49. The second-order valence-corrected chi connectivity index (χ2v) is 7.80. The SMILES string of the molecule is C[C@H]1OP(=O)(Oc2ccccc2)O[C@@H]2[C@H]3OC(C)(C)O[C@H]3O[C@@H]21. The Morgan fingerprint density at radius 2 is 1.78 bits per heavy atom. The van der Waals surface area contributed by atoms with Crippen LogP contribution in [0.25, 0.3) is 0 Å². The van der Waals surface area contributed by atoms with Crippen LogP contribution >= 0.6 is 7.82 Å². The maximum absolute atomic E-state index is 12.9. The number of phosphoric ester groups is 1. The Hall–Kier alpha value is -0.950. The third-order valence-corrected chi connectivity index (χ3v) is 5.52. The van der Waals surface area contributed by atoms with Gasteiger partial charge in [-0.1, -0.05) is 18.2 Å². The van der Waals surface area contributed by atoms with Crippen LogP contribution in [-0.2, 0) is 27.8 Å². The van der Waals surface area contributed by atoms with E-state index in [0.29, 0.717) is 5.75 Å². The Labute approximate surface area is 134 Å². The Morgan fingerprint density at radius 3 is 2.52 bits per heavy atom. The first-order valence-electron chi connectivity index (χ1n) is 7.58. The molecule has 1 unspecified atom stereocenters. The van der Waals surface area contributed by atoms with Gasteiger partial charge < -0.3 is 18.7 Å². The molecule has 0 aromatic heterocycles. The molecule has 1 aromatic carbocycles. The number of hydrogen-bond acceptors (Lipinski definition) is 7. The number of hydrogen-bond donors (Lipinski definition) is 0. The van der Waals surface area contributed by atoms with Gasteiger partial charge in [-0.3, -0.25) is 9.05 Å². The Morgan fingerprint density at radius 1 is 1.04 bits per heavy atom. The van der Waals surface area contributed by atoms with Crippen LogP contribution in [-0.4, -0.2) is 36.5 Å². The number of benzene rings is 1. The van der Waals surface area contributed by atoms with Crippen molar-refractivity contribution in [1.82, 2.24) is 0 Å². The molecule has 0 amide bonds. The predicted molar refractivity (Wildman–Crippen MR) is 78.8 cm³/mol. The van der Waals surface area contributed by atoms with Crippen molar-refractivity contribution in [2.24, 2.45) is 0 Å². The average Bonchev–Trinajstić information content (AvgIpc) is 2.93. The van der Waals surface area contributed by atoms with Gasteiger partial charge >= 0.3 is 7.82 Å². The van der Waals surface area contributed by atoms with Crippen LogP contribution in [0.2, 0.25) is 0 Å². The molecule has 3 aliphatic heterocycles. The van der Waals surface area contributed by atoms with E-state index in [1.165, 1.54) is 0 Å². The van der Waals surface area contributed by atoms with Gasteiger partial charge in [-0.15, -0.1) is 0 Å². The van der Waals surface area contributed by atoms with Gasteiger partial charge in [-0.25, -0.2) is 4.57 Å². The minimum Gasteiger partial charge on any atom is -0.404 e. The molecule has 3 heterocycles. The van der Waals surface area contributed by atoms with Crippen LogP contribution in [0.3, 0.4) is 0 Å². The van der Waals surface area contributed by atoms with Gasteiger partial charge in [-0.2, -0.15) is 0 Å². The zero-order valence-corrected chi connectivity index (χ0v) is 14.0. The number of para-hydroxylation sites is 1. The van der Waals surface area contributed by atoms with Crippen LogP contribution in [0.15, 0.2) is 30.3 Å². The number of fused-ring (bicyclic) bond motifs is 3. The zero-order chi connectivity index (χ0) is 16.2. The molecule has 0 saturated carbocycles. The van der Waals surface area contributed by atoms with Gasteiger partial charge in [0, 0.05) is 0 Å². The van der Waals surface area contributed by atoms with E-state index in [1.807, 2.05) is 6.07 Å². The first-order chi connectivity index (χ1) is 10.9. The maximum atomic E-state index is 12.9. The Kier molecular flexibility index (Phi) is 3.57. The molecule has 1 aromatic rings. The molecule has 0 bridgehead atoms. The second kappa shape index (κ2) is 5.28. The normalized spacial score (nSPS) is 44.6. The number of rotatable bonds is 2. The van der Waals surface area contributed by atoms with Crippen LogP contribution in [0.5, 0.6) is 5.75 Å². The zero-order valence-electron chi connectivity index (χ0n) is 13.1. The van der Waals surface area contributed by atoms with Crippen LogP contribution < -0.4 is 4.52 Å². The monoisotopic (exact) mass is 342 g/mol. The standard InChI is InChI=1S/C15H19O7P/c1-9-11-12(13-14(17-11)19-15(2,3)18-13)22-23(16,20-9)21-10-7-5-4-6-8-10/h4-9,11-14H,1-3H3/t9-,11-,12+,13-,14-,23?/m1/s1. The molecule has 8 heteroatoms. The maximum Gasteiger partial charge on any atom is 0.530 e. The molecule has 0 spiro atoms. The summed E-state index contributed by atoms with van der Waals surface area (Å²) in [5, 5.41) is 0. The molecule has 4 rings (SSSR count). The third kappa shape index (κ3) is 2.82. The first-order valence-corrected chi connectivity index (χ1v) is 9.04. The van der Waals surface area contributed by atoms with Crippen molar-refractivity contribution in [1.29, 1.82) is 0 Å². The smallest absolute Gasteiger partial charge is 0.404 e. The highest BCUT2D eigenvalue weighted by Crippen LogP contribution is 2.58. The van der Waals surface area contributed by atoms with Gasteiger partial charge in [0.25, 0.3) is 0 Å². The average molecular weight is 342 g/mol. The topological polar surface area (TPSA) is 72.5 Å². The van der Waals surface area contributed by atoms with Crippen molar-refractivity contribution in [3.8, 4) is 5.75 Å². The van der Waals surface area contributed by atoms with Crippen molar-refractivity contribution in [2.45, 2.75) is 57.3 Å². The van der Waals surface area contributed by atoms with Gasteiger partial charge in [0.05, 0.1) is 6.10 Å². The minimum atomic E-state index is -3.77. The summed E-state index contributed by atoms with van der Waals surface area (Å²) in [6, 6.07) is 8.78. The summed E-state index contributed by atoms with van der Waals surface area (Å²) in [4.78, 5) is 0. The van der Waals surface area contributed by atoms with Crippen molar-refractivity contribution < 1.29 is 32.3 Å². The van der Waals surface area contributed by atoms with Gasteiger partial charge in [0.15, 0.2) is 12.1 Å². The van der Waals surface area contributed by atoms with E-state index in [9.17, 15) is 4.57 Å². The highest BCUT2D eigenvalue weighted by Gasteiger charge is 2.62. The quantitative estimate of drug-likeness (QED) is 0.765. The summed E-state index contributed by atoms with van der Waals surface area (Å²) in [5.74, 6) is -0.351. The minimum absolute atomic E-state index is 0.414. The molecule has 7 nitrogen and oxygen atoms in total. The van der Waals surface area contributed by atoms with E-state index in [0.717, 1.165) is 0 Å². The largest absolute Gasteiger partial charge is 0.530 e. The summed E-state index contributed by atoms with van der Waals surface area (Å²) >= 11 is 0. The van der Waals surface area contributed by atoms with Crippen molar-refractivity contribution in [3.63, 3.8) is 0 Å². The van der Waals surface area contributed by atoms with Crippen LogP contribution in [0.1, 0.15) is 20.8 Å². The summed E-state index contributed by atoms with van der Waals surface area (Å²) in [6.45, 7) is 5.37. The van der Waals surface area contributed by atoms with E-state index in [2.05, 4.69) is 0 Å². The number of phosphoric acid groups is 1. The third-order valence-electron chi connectivity index (χ3n) is 4.00. The lowest BCUT2D eigenvalue weighted by Crippen LogP contribution is -2.45. The fourth-order valence-corrected chi connectivity index (χ4v) is 4.67. The Bertz CT molecular complexity index is 634. The molecule has 0 N–H and O–H groups in total. The van der Waals surface area contributed by atoms with Crippen molar-refractivity contribution in [3.05, 3.63) is 30.3 Å². The molecule has 126 valence electrons. The first kappa shape index (κ1) is 15.6. The lowest BCUT2D eigenvalue weighted by atomic mass is 10.1. The lowest BCUT2D eigenvalue weighted by Gasteiger charge is -2.36. The highest BCUT2D eigenvalue weighted by atomic mass is 31.2. The summed E-state index contributed by atoms with van der Waals surface area (Å²) in [7, 11) is -3.77. The van der Waals surface area contributed by atoms with Gasteiger partial charge in [0.2, 0.25) is 0 Å². The van der Waals surface area contributed by atoms with Gasteiger partial charge in [0.1, 0.15) is 24.1 Å². The molecule has 6 atom stereocenters. The van der Waals surface area contributed by atoms with Gasteiger partial charge in [-0.05, 0) is 32.9 Å². The van der Waals surface area contributed by atoms with Crippen LogP contribution in [0, 0.1) is 0 Å². The lowest BCUT2D eigenvalue weighted by molar-refractivity contribution is -0.228. The fourth-order valence-electron chi connectivity index (χ4n) is 3.09. The summed E-state index contributed by atoms with van der Waals surface area (Å²) in [5.41, 5.74) is 0. The fraction of sp³-hybridized carbons (Fsp3) is 0.600.